The van der Waals surface area contributed by atoms with Crippen LogP contribution in [0.4, 0.5) is 0 Å². The lowest BCUT2D eigenvalue weighted by Gasteiger charge is -2.35. The summed E-state index contributed by atoms with van der Waals surface area (Å²) in [5, 5.41) is 7.06. The molecule has 0 aromatic heterocycles. The Balaban J connectivity index is 1.45. The van der Waals surface area contributed by atoms with Gasteiger partial charge >= 0.3 is 0 Å². The monoisotopic (exact) mass is 292 g/mol. The van der Waals surface area contributed by atoms with E-state index in [0.717, 1.165) is 12.3 Å². The van der Waals surface area contributed by atoms with Crippen LogP contribution in [0.25, 0.3) is 0 Å². The van der Waals surface area contributed by atoms with Crippen LogP contribution in [0.3, 0.4) is 0 Å². The smallest absolute Gasteiger partial charge is 0.220 e. The molecule has 3 atom stereocenters. The van der Waals surface area contributed by atoms with E-state index in [9.17, 15) is 4.79 Å². The van der Waals surface area contributed by atoms with E-state index in [-0.39, 0.29) is 0 Å². The van der Waals surface area contributed by atoms with E-state index in [4.69, 9.17) is 0 Å². The van der Waals surface area contributed by atoms with Crippen molar-refractivity contribution >= 4 is 5.91 Å². The third kappa shape index (κ3) is 4.00. The maximum Gasteiger partial charge on any atom is 0.220 e. The second-order valence-corrected chi connectivity index (χ2v) is 7.69. The summed E-state index contributed by atoms with van der Waals surface area (Å²) in [5.74, 6) is 1.72. The fraction of sp³-hybridized carbons (Fsp3) is 0.944. The van der Waals surface area contributed by atoms with Crippen LogP contribution < -0.4 is 10.6 Å². The Morgan fingerprint density at radius 1 is 1.19 bits per heavy atom. The van der Waals surface area contributed by atoms with Gasteiger partial charge in [-0.3, -0.25) is 4.79 Å². The third-order valence-corrected chi connectivity index (χ3v) is 5.98. The molecular weight excluding hydrogens is 260 g/mol. The highest BCUT2D eigenvalue weighted by molar-refractivity contribution is 5.76. The summed E-state index contributed by atoms with van der Waals surface area (Å²) in [5.41, 5.74) is 0. The van der Waals surface area contributed by atoms with Crippen molar-refractivity contribution in [2.45, 2.75) is 95.7 Å². The minimum Gasteiger partial charge on any atom is -0.353 e. The summed E-state index contributed by atoms with van der Waals surface area (Å²) >= 11 is 0. The molecule has 0 aromatic rings. The minimum absolute atomic E-state index is 0.328. The maximum absolute atomic E-state index is 12.4. The Kier molecular flexibility index (Phi) is 5.20. The predicted octanol–water partition coefficient (Wildman–Crippen LogP) is 3.38. The summed E-state index contributed by atoms with van der Waals surface area (Å²) in [7, 11) is 0. The number of hydrogen-bond acceptors (Lipinski definition) is 2. The molecule has 1 amide bonds. The van der Waals surface area contributed by atoms with Crippen LogP contribution in [0.15, 0.2) is 0 Å². The Hall–Kier alpha value is -0.570. The fourth-order valence-electron chi connectivity index (χ4n) is 4.56. The summed E-state index contributed by atoms with van der Waals surface area (Å²) < 4.78 is 0. The molecule has 0 aromatic carbocycles. The zero-order chi connectivity index (χ0) is 14.7. The molecule has 2 N–H and O–H groups in total. The molecule has 1 saturated carbocycles. The van der Waals surface area contributed by atoms with Crippen molar-refractivity contribution in [3.63, 3.8) is 0 Å². The number of fused-ring (bicyclic) bond motifs is 2. The average molecular weight is 292 g/mol. The van der Waals surface area contributed by atoms with Gasteiger partial charge in [-0.05, 0) is 56.8 Å². The lowest BCUT2D eigenvalue weighted by atomic mass is 9.78. The number of unbranched alkanes of at least 4 members (excludes halogenated alkanes) is 1. The van der Waals surface area contributed by atoms with E-state index in [0.29, 0.717) is 30.0 Å². The quantitative estimate of drug-likeness (QED) is 0.755. The van der Waals surface area contributed by atoms with Gasteiger partial charge in [0.15, 0.2) is 0 Å². The summed E-state index contributed by atoms with van der Waals surface area (Å²) in [6, 6.07) is 1.86. The number of amides is 1. The van der Waals surface area contributed by atoms with Crippen LogP contribution in [0.1, 0.15) is 77.6 Å². The molecule has 3 nitrogen and oxygen atoms in total. The molecule has 3 unspecified atom stereocenters. The van der Waals surface area contributed by atoms with E-state index in [1.54, 1.807) is 0 Å². The van der Waals surface area contributed by atoms with Crippen molar-refractivity contribution in [1.29, 1.82) is 0 Å². The molecule has 3 aliphatic rings. The first-order valence-corrected chi connectivity index (χ1v) is 9.30. The van der Waals surface area contributed by atoms with Crippen LogP contribution in [0.2, 0.25) is 0 Å². The van der Waals surface area contributed by atoms with Gasteiger partial charge in [0.25, 0.3) is 0 Å². The largest absolute Gasteiger partial charge is 0.353 e. The van der Waals surface area contributed by atoms with Gasteiger partial charge in [-0.2, -0.15) is 0 Å². The van der Waals surface area contributed by atoms with Gasteiger partial charge in [-0.25, -0.2) is 0 Å². The predicted molar refractivity (Wildman–Crippen MR) is 86.1 cm³/mol. The fourth-order valence-corrected chi connectivity index (χ4v) is 4.56. The summed E-state index contributed by atoms with van der Waals surface area (Å²) in [6.45, 7) is 2.24. The van der Waals surface area contributed by atoms with E-state index in [1.165, 1.54) is 64.2 Å². The second kappa shape index (κ2) is 7.13. The van der Waals surface area contributed by atoms with Crippen LogP contribution in [-0.4, -0.2) is 24.0 Å². The SMILES string of the molecule is CCCCC(NC(=O)CC1CC2CCC(C1)N2)C1CCC1. The minimum atomic E-state index is 0.328. The number of piperidine rings is 1. The highest BCUT2D eigenvalue weighted by Crippen LogP contribution is 2.34. The molecule has 3 rings (SSSR count). The molecular formula is C18H32N2O. The summed E-state index contributed by atoms with van der Waals surface area (Å²) in [4.78, 5) is 12.4. The Bertz CT molecular complexity index is 341. The molecule has 21 heavy (non-hydrogen) atoms. The van der Waals surface area contributed by atoms with Crippen molar-refractivity contribution in [1.82, 2.24) is 10.6 Å². The van der Waals surface area contributed by atoms with Gasteiger partial charge in [0, 0.05) is 24.5 Å². The lowest BCUT2D eigenvalue weighted by Crippen LogP contribution is -2.44. The van der Waals surface area contributed by atoms with Crippen LogP contribution in [0.5, 0.6) is 0 Å². The number of carbonyl (C=O) groups is 1. The lowest BCUT2D eigenvalue weighted by molar-refractivity contribution is -0.123. The Morgan fingerprint density at radius 3 is 2.48 bits per heavy atom. The number of nitrogens with one attached hydrogen (secondary N) is 2. The molecule has 2 bridgehead atoms. The van der Waals surface area contributed by atoms with Crippen LogP contribution >= 0.6 is 0 Å². The molecule has 120 valence electrons. The van der Waals surface area contributed by atoms with Crippen molar-refractivity contribution in [3.8, 4) is 0 Å². The molecule has 3 fully saturated rings. The molecule has 3 heteroatoms. The van der Waals surface area contributed by atoms with Gasteiger partial charge in [-0.1, -0.05) is 26.2 Å². The highest BCUT2D eigenvalue weighted by Gasteiger charge is 2.35. The number of rotatable bonds is 7. The first-order valence-electron chi connectivity index (χ1n) is 9.30. The van der Waals surface area contributed by atoms with E-state index in [1.807, 2.05) is 0 Å². The number of hydrogen-bond donors (Lipinski definition) is 2. The maximum atomic E-state index is 12.4. The third-order valence-electron chi connectivity index (χ3n) is 5.98. The molecule has 2 aliphatic heterocycles. The van der Waals surface area contributed by atoms with E-state index >= 15 is 0 Å². The Labute approximate surface area is 129 Å². The zero-order valence-corrected chi connectivity index (χ0v) is 13.6. The van der Waals surface area contributed by atoms with Gasteiger partial charge in [0.1, 0.15) is 0 Å². The molecule has 2 saturated heterocycles. The molecule has 0 radical (unpaired) electrons. The van der Waals surface area contributed by atoms with Crippen LogP contribution in [-0.2, 0) is 4.79 Å². The van der Waals surface area contributed by atoms with Crippen molar-refractivity contribution < 1.29 is 4.79 Å². The first kappa shape index (κ1) is 15.3. The summed E-state index contributed by atoms with van der Waals surface area (Å²) in [6.07, 6.45) is 13.5. The molecule has 1 aliphatic carbocycles. The van der Waals surface area contributed by atoms with Gasteiger partial charge in [0.05, 0.1) is 0 Å². The standard InChI is InChI=1S/C18H32N2O/c1-2-3-7-17(14-5-4-6-14)20-18(21)12-13-10-15-8-9-16(11-13)19-15/h13-17,19H,2-12H2,1H3,(H,20,21). The molecule has 2 heterocycles. The molecule has 0 spiro atoms. The van der Waals surface area contributed by atoms with Crippen LogP contribution in [0, 0.1) is 11.8 Å². The first-order chi connectivity index (χ1) is 10.2. The van der Waals surface area contributed by atoms with Crippen molar-refractivity contribution in [2.75, 3.05) is 0 Å². The average Bonchev–Trinajstić information content (AvgIpc) is 2.73. The van der Waals surface area contributed by atoms with Gasteiger partial charge in [-0.15, -0.1) is 0 Å². The topological polar surface area (TPSA) is 41.1 Å². The number of carbonyl (C=O) groups excluding carboxylic acids is 1. The van der Waals surface area contributed by atoms with Gasteiger partial charge in [0.2, 0.25) is 5.91 Å². The zero-order valence-electron chi connectivity index (χ0n) is 13.6. The Morgan fingerprint density at radius 2 is 1.90 bits per heavy atom. The van der Waals surface area contributed by atoms with Crippen molar-refractivity contribution in [3.05, 3.63) is 0 Å². The van der Waals surface area contributed by atoms with Crippen molar-refractivity contribution in [2.24, 2.45) is 11.8 Å². The second-order valence-electron chi connectivity index (χ2n) is 7.69. The highest BCUT2D eigenvalue weighted by atomic mass is 16.1. The van der Waals surface area contributed by atoms with Gasteiger partial charge < -0.3 is 10.6 Å². The van der Waals surface area contributed by atoms with E-state index in [2.05, 4.69) is 17.6 Å². The van der Waals surface area contributed by atoms with E-state index < -0.39 is 0 Å². The normalized spacial score (nSPS) is 33.5.